The maximum absolute atomic E-state index is 13.7. The number of benzene rings is 1. The van der Waals surface area contributed by atoms with E-state index in [4.69, 9.17) is 0 Å². The van der Waals surface area contributed by atoms with E-state index in [1.54, 1.807) is 18.5 Å². The summed E-state index contributed by atoms with van der Waals surface area (Å²) in [5, 5.41) is 2.99. The number of nitrogens with one attached hydrogen (secondary N) is 1. The molecule has 0 aliphatic heterocycles. The van der Waals surface area contributed by atoms with Crippen LogP contribution < -0.4 is 5.32 Å². The fourth-order valence-corrected chi connectivity index (χ4v) is 4.13. The van der Waals surface area contributed by atoms with Gasteiger partial charge in [0, 0.05) is 31.2 Å². The fourth-order valence-electron chi connectivity index (χ4n) is 4.13. The summed E-state index contributed by atoms with van der Waals surface area (Å²) in [6.45, 7) is 2.72. The van der Waals surface area contributed by atoms with Crippen LogP contribution in [-0.2, 0) is 25.9 Å². The molecule has 6 heteroatoms. The smallest absolute Gasteiger partial charge is 0.268 e. The Morgan fingerprint density at radius 3 is 2.59 bits per heavy atom. The number of pyridine rings is 1. The van der Waals surface area contributed by atoms with E-state index in [9.17, 15) is 13.6 Å². The van der Waals surface area contributed by atoms with Crippen LogP contribution in [0.3, 0.4) is 0 Å². The van der Waals surface area contributed by atoms with Crippen LogP contribution in [0.1, 0.15) is 51.3 Å². The van der Waals surface area contributed by atoms with E-state index in [0.29, 0.717) is 24.3 Å². The van der Waals surface area contributed by atoms with Gasteiger partial charge in [-0.05, 0) is 79.1 Å². The number of hydrogen-bond acceptors (Lipinski definition) is 2. The van der Waals surface area contributed by atoms with Gasteiger partial charge in [0.05, 0.1) is 0 Å². The van der Waals surface area contributed by atoms with Gasteiger partial charge in [0.25, 0.3) is 5.91 Å². The third kappa shape index (κ3) is 3.92. The number of carbonyl (C=O) groups is 1. The Balaban J connectivity index is 1.67. The Bertz CT molecular complexity index is 1040. The molecule has 4 rings (SSSR count). The lowest BCUT2D eigenvalue weighted by Gasteiger charge is -2.17. The highest BCUT2D eigenvalue weighted by atomic mass is 19.2. The molecule has 0 saturated heterocycles. The number of nitrogens with zero attached hydrogens (tertiary/aromatic N) is 2. The van der Waals surface area contributed by atoms with Crippen molar-refractivity contribution in [3.05, 3.63) is 88.0 Å². The van der Waals surface area contributed by atoms with Gasteiger partial charge in [-0.25, -0.2) is 8.78 Å². The predicted molar refractivity (Wildman–Crippen MR) is 107 cm³/mol. The predicted octanol–water partition coefficient (Wildman–Crippen LogP) is 4.33. The van der Waals surface area contributed by atoms with Crippen LogP contribution in [0.2, 0.25) is 0 Å². The molecule has 3 aromatic rings. The van der Waals surface area contributed by atoms with Gasteiger partial charge in [0.2, 0.25) is 0 Å². The van der Waals surface area contributed by atoms with Crippen molar-refractivity contribution in [3.63, 3.8) is 0 Å². The maximum atomic E-state index is 13.7. The molecule has 29 heavy (non-hydrogen) atoms. The largest absolute Gasteiger partial charge is 0.347 e. The minimum absolute atomic E-state index is 0.156. The molecule has 2 heterocycles. The molecule has 150 valence electrons. The Morgan fingerprint density at radius 1 is 1.07 bits per heavy atom. The SMILES string of the molecule is Cc1c2c(n(Cc3ccc(F)c(F)c3)c1C(=O)NCc1ccncc1)CCCC2. The van der Waals surface area contributed by atoms with E-state index in [0.717, 1.165) is 48.6 Å². The standard InChI is InChI=1S/C23H23F2N3O/c1-15-18-4-2-3-5-21(18)28(14-17-6-7-19(24)20(25)12-17)22(15)23(29)27-13-16-8-10-26-11-9-16/h6-12H,2-5,13-14H2,1H3,(H,27,29). The second kappa shape index (κ2) is 8.15. The monoisotopic (exact) mass is 395 g/mol. The molecule has 0 fully saturated rings. The molecule has 0 spiro atoms. The van der Waals surface area contributed by atoms with Gasteiger partial charge >= 0.3 is 0 Å². The van der Waals surface area contributed by atoms with Crippen molar-refractivity contribution in [2.45, 2.75) is 45.7 Å². The van der Waals surface area contributed by atoms with Crippen LogP contribution in [0.4, 0.5) is 8.78 Å². The van der Waals surface area contributed by atoms with Crippen molar-refractivity contribution in [1.29, 1.82) is 0 Å². The third-order valence-electron chi connectivity index (χ3n) is 5.58. The minimum Gasteiger partial charge on any atom is -0.347 e. The zero-order valence-electron chi connectivity index (χ0n) is 16.3. The molecule has 2 aromatic heterocycles. The van der Waals surface area contributed by atoms with Crippen LogP contribution in [0, 0.1) is 18.6 Å². The molecule has 1 aliphatic carbocycles. The molecular formula is C23H23F2N3O. The van der Waals surface area contributed by atoms with Crippen LogP contribution in [0.15, 0.2) is 42.7 Å². The summed E-state index contributed by atoms with van der Waals surface area (Å²) in [7, 11) is 0. The number of fused-ring (bicyclic) bond motifs is 1. The number of carbonyl (C=O) groups excluding carboxylic acids is 1. The lowest BCUT2D eigenvalue weighted by molar-refractivity contribution is 0.0941. The van der Waals surface area contributed by atoms with Gasteiger partial charge in [0.1, 0.15) is 5.69 Å². The first-order valence-electron chi connectivity index (χ1n) is 9.86. The van der Waals surface area contributed by atoms with Crippen molar-refractivity contribution in [3.8, 4) is 0 Å². The molecule has 1 aromatic carbocycles. The van der Waals surface area contributed by atoms with Crippen LogP contribution >= 0.6 is 0 Å². The van der Waals surface area contributed by atoms with Gasteiger partial charge in [-0.3, -0.25) is 9.78 Å². The van der Waals surface area contributed by atoms with E-state index in [1.165, 1.54) is 11.6 Å². The van der Waals surface area contributed by atoms with Crippen LogP contribution in [0.25, 0.3) is 0 Å². The number of halogens is 2. The Labute approximate surface area is 168 Å². The number of aromatic nitrogens is 2. The van der Waals surface area contributed by atoms with Crippen molar-refractivity contribution in [2.24, 2.45) is 0 Å². The summed E-state index contributed by atoms with van der Waals surface area (Å²) in [5.41, 5.74) is 5.54. The highest BCUT2D eigenvalue weighted by molar-refractivity contribution is 5.95. The van der Waals surface area contributed by atoms with Gasteiger partial charge in [-0.15, -0.1) is 0 Å². The molecule has 1 N–H and O–H groups in total. The number of amides is 1. The molecule has 4 nitrogen and oxygen atoms in total. The first kappa shape index (κ1) is 19.3. The van der Waals surface area contributed by atoms with Gasteiger partial charge in [-0.1, -0.05) is 6.07 Å². The quantitative estimate of drug-likeness (QED) is 0.699. The molecule has 0 saturated carbocycles. The molecular weight excluding hydrogens is 372 g/mol. The molecule has 1 amide bonds. The highest BCUT2D eigenvalue weighted by Gasteiger charge is 2.26. The van der Waals surface area contributed by atoms with Crippen molar-refractivity contribution in [1.82, 2.24) is 14.9 Å². The summed E-state index contributed by atoms with van der Waals surface area (Å²) < 4.78 is 29.0. The molecule has 0 bridgehead atoms. The highest BCUT2D eigenvalue weighted by Crippen LogP contribution is 2.30. The molecule has 0 unspecified atom stereocenters. The summed E-state index contributed by atoms with van der Waals surface area (Å²) >= 11 is 0. The van der Waals surface area contributed by atoms with Crippen molar-refractivity contribution >= 4 is 5.91 Å². The Morgan fingerprint density at radius 2 is 1.83 bits per heavy atom. The number of rotatable bonds is 5. The molecule has 1 aliphatic rings. The lowest BCUT2D eigenvalue weighted by Crippen LogP contribution is -2.27. The molecule has 0 radical (unpaired) electrons. The average molecular weight is 395 g/mol. The zero-order valence-corrected chi connectivity index (χ0v) is 16.3. The Kier molecular flexibility index (Phi) is 5.43. The van der Waals surface area contributed by atoms with E-state index in [2.05, 4.69) is 10.3 Å². The summed E-state index contributed by atoms with van der Waals surface area (Å²) in [6.07, 6.45) is 7.37. The van der Waals surface area contributed by atoms with Crippen molar-refractivity contribution < 1.29 is 13.6 Å². The van der Waals surface area contributed by atoms with Gasteiger partial charge < -0.3 is 9.88 Å². The average Bonchev–Trinajstić information content (AvgIpc) is 3.02. The number of hydrogen-bond donors (Lipinski definition) is 1. The summed E-state index contributed by atoms with van der Waals surface area (Å²) in [5.74, 6) is -1.89. The fraction of sp³-hybridized carbons (Fsp3) is 0.304. The van der Waals surface area contributed by atoms with E-state index < -0.39 is 11.6 Å². The first-order chi connectivity index (χ1) is 14.0. The van der Waals surface area contributed by atoms with Gasteiger partial charge in [-0.2, -0.15) is 0 Å². The topological polar surface area (TPSA) is 46.9 Å². The lowest BCUT2D eigenvalue weighted by atomic mass is 9.95. The second-order valence-corrected chi connectivity index (χ2v) is 7.48. The third-order valence-corrected chi connectivity index (χ3v) is 5.58. The first-order valence-corrected chi connectivity index (χ1v) is 9.86. The van der Waals surface area contributed by atoms with E-state index in [1.807, 2.05) is 23.6 Å². The van der Waals surface area contributed by atoms with E-state index in [-0.39, 0.29) is 5.91 Å². The zero-order chi connectivity index (χ0) is 20.4. The van der Waals surface area contributed by atoms with Crippen LogP contribution in [0.5, 0.6) is 0 Å². The van der Waals surface area contributed by atoms with Crippen molar-refractivity contribution in [2.75, 3.05) is 0 Å². The second-order valence-electron chi connectivity index (χ2n) is 7.48. The molecule has 0 atom stereocenters. The summed E-state index contributed by atoms with van der Waals surface area (Å²) in [4.78, 5) is 17.1. The normalized spacial score (nSPS) is 13.2. The van der Waals surface area contributed by atoms with Crippen LogP contribution in [-0.4, -0.2) is 15.5 Å². The minimum atomic E-state index is -0.871. The Hall–Kier alpha value is -3.02. The van der Waals surface area contributed by atoms with E-state index >= 15 is 0 Å². The van der Waals surface area contributed by atoms with Gasteiger partial charge in [0.15, 0.2) is 11.6 Å². The summed E-state index contributed by atoms with van der Waals surface area (Å²) in [6, 6.07) is 7.63. The maximum Gasteiger partial charge on any atom is 0.268 e.